The number of nitrogen functional groups attached to an aromatic ring is 1. The van der Waals surface area contributed by atoms with Crippen LogP contribution in [-0.2, 0) is 0 Å². The van der Waals surface area contributed by atoms with Crippen LogP contribution in [0.5, 0.6) is 11.5 Å². The van der Waals surface area contributed by atoms with Gasteiger partial charge in [0.2, 0.25) is 0 Å². The van der Waals surface area contributed by atoms with Gasteiger partial charge in [-0.1, -0.05) is 6.07 Å². The molecule has 2 rings (SSSR count). The highest BCUT2D eigenvalue weighted by Crippen LogP contribution is 2.41. The molecule has 3 N–H and O–H groups in total. The first-order valence-corrected chi connectivity index (χ1v) is 6.00. The van der Waals surface area contributed by atoms with Crippen LogP contribution in [0, 0.1) is 0 Å². The lowest BCUT2D eigenvalue weighted by atomic mass is 10.0. The number of benzene rings is 2. The summed E-state index contributed by atoms with van der Waals surface area (Å²) in [5.41, 5.74) is 9.50. The van der Waals surface area contributed by atoms with Gasteiger partial charge in [0.05, 0.1) is 19.8 Å². The van der Waals surface area contributed by atoms with Crippen molar-refractivity contribution >= 4 is 11.4 Å². The number of rotatable bonds is 4. The maximum Gasteiger partial charge on any atom is 0.130 e. The van der Waals surface area contributed by atoms with Gasteiger partial charge in [-0.05, 0) is 30.3 Å². The average Bonchev–Trinajstić information content (AvgIpc) is 2.47. The smallest absolute Gasteiger partial charge is 0.130 e. The third-order valence-corrected chi connectivity index (χ3v) is 3.04. The largest absolute Gasteiger partial charge is 0.496 e. The number of anilines is 2. The van der Waals surface area contributed by atoms with Crippen molar-refractivity contribution in [3.63, 3.8) is 0 Å². The van der Waals surface area contributed by atoms with Crippen LogP contribution in [0.25, 0.3) is 11.1 Å². The van der Waals surface area contributed by atoms with Gasteiger partial charge in [-0.2, -0.15) is 0 Å². The zero-order valence-corrected chi connectivity index (χ0v) is 11.4. The summed E-state index contributed by atoms with van der Waals surface area (Å²) in [5.74, 6) is 1.47. The van der Waals surface area contributed by atoms with Crippen LogP contribution in [0.15, 0.2) is 36.4 Å². The molecule has 2 aromatic rings. The Kier molecular flexibility index (Phi) is 3.80. The minimum atomic E-state index is 0.682. The summed E-state index contributed by atoms with van der Waals surface area (Å²) >= 11 is 0. The molecule has 0 fully saturated rings. The number of nitrogens with one attached hydrogen (secondary N) is 1. The molecule has 0 aromatic heterocycles. The van der Waals surface area contributed by atoms with Crippen molar-refractivity contribution in [3.05, 3.63) is 36.4 Å². The number of methoxy groups -OCH3 is 2. The van der Waals surface area contributed by atoms with Crippen LogP contribution in [-0.4, -0.2) is 21.3 Å². The zero-order chi connectivity index (χ0) is 13.8. The topological polar surface area (TPSA) is 56.5 Å². The fourth-order valence-corrected chi connectivity index (χ4v) is 2.04. The molecule has 0 amide bonds. The fourth-order valence-electron chi connectivity index (χ4n) is 2.04. The van der Waals surface area contributed by atoms with E-state index in [0.717, 1.165) is 28.3 Å². The minimum Gasteiger partial charge on any atom is -0.496 e. The van der Waals surface area contributed by atoms with Crippen molar-refractivity contribution in [2.24, 2.45) is 0 Å². The molecule has 0 bridgehead atoms. The first-order chi connectivity index (χ1) is 9.21. The van der Waals surface area contributed by atoms with E-state index in [4.69, 9.17) is 15.2 Å². The monoisotopic (exact) mass is 258 g/mol. The number of hydrogen-bond acceptors (Lipinski definition) is 4. The Morgan fingerprint density at radius 1 is 1.00 bits per heavy atom. The molecule has 0 saturated heterocycles. The lowest BCUT2D eigenvalue weighted by Crippen LogP contribution is -1.98. The Labute approximate surface area is 113 Å². The van der Waals surface area contributed by atoms with Gasteiger partial charge in [0, 0.05) is 24.0 Å². The van der Waals surface area contributed by atoms with Crippen LogP contribution in [0.2, 0.25) is 0 Å². The lowest BCUT2D eigenvalue weighted by molar-refractivity contribution is 0.397. The SMILES string of the molecule is CNc1ccc(N)c(-c2c(OC)cccc2OC)c1. The molecule has 0 aliphatic rings. The normalized spacial score (nSPS) is 10.1. The second-order valence-electron chi connectivity index (χ2n) is 4.09. The molecule has 0 saturated carbocycles. The molecule has 19 heavy (non-hydrogen) atoms. The maximum absolute atomic E-state index is 6.08. The second-order valence-corrected chi connectivity index (χ2v) is 4.09. The van der Waals surface area contributed by atoms with E-state index in [0.29, 0.717) is 5.69 Å². The highest BCUT2D eigenvalue weighted by atomic mass is 16.5. The Morgan fingerprint density at radius 2 is 1.63 bits per heavy atom. The van der Waals surface area contributed by atoms with Crippen molar-refractivity contribution in [3.8, 4) is 22.6 Å². The van der Waals surface area contributed by atoms with Crippen molar-refractivity contribution in [2.75, 3.05) is 32.3 Å². The zero-order valence-electron chi connectivity index (χ0n) is 11.4. The number of hydrogen-bond donors (Lipinski definition) is 2. The molecule has 0 heterocycles. The van der Waals surface area contributed by atoms with Crippen LogP contribution in [0.1, 0.15) is 0 Å². The standard InChI is InChI=1S/C15H18N2O2/c1-17-10-7-8-12(16)11(9-10)15-13(18-2)5-4-6-14(15)19-3/h4-9,17H,16H2,1-3H3. The van der Waals surface area contributed by atoms with Gasteiger partial charge in [-0.3, -0.25) is 0 Å². The van der Waals surface area contributed by atoms with E-state index < -0.39 is 0 Å². The summed E-state index contributed by atoms with van der Waals surface area (Å²) in [6, 6.07) is 11.5. The Balaban J connectivity index is 2.69. The third kappa shape index (κ3) is 2.42. The first-order valence-electron chi connectivity index (χ1n) is 6.00. The van der Waals surface area contributed by atoms with Gasteiger partial charge in [0.25, 0.3) is 0 Å². The van der Waals surface area contributed by atoms with E-state index in [1.807, 2.05) is 43.4 Å². The lowest BCUT2D eigenvalue weighted by Gasteiger charge is -2.15. The summed E-state index contributed by atoms with van der Waals surface area (Å²) in [6.45, 7) is 0. The Hall–Kier alpha value is -2.36. The predicted molar refractivity (Wildman–Crippen MR) is 78.9 cm³/mol. The summed E-state index contributed by atoms with van der Waals surface area (Å²) in [4.78, 5) is 0. The van der Waals surface area contributed by atoms with E-state index >= 15 is 0 Å². The summed E-state index contributed by atoms with van der Waals surface area (Å²) in [6.07, 6.45) is 0. The van der Waals surface area contributed by atoms with E-state index in [2.05, 4.69) is 5.32 Å². The second kappa shape index (κ2) is 5.52. The van der Waals surface area contributed by atoms with Crippen molar-refractivity contribution < 1.29 is 9.47 Å². The molecule has 0 spiro atoms. The molecule has 0 aliphatic heterocycles. The molecule has 2 aromatic carbocycles. The van der Waals surface area contributed by atoms with E-state index in [1.54, 1.807) is 14.2 Å². The van der Waals surface area contributed by atoms with Crippen molar-refractivity contribution in [1.29, 1.82) is 0 Å². The highest BCUT2D eigenvalue weighted by Gasteiger charge is 2.15. The predicted octanol–water partition coefficient (Wildman–Crippen LogP) is 2.99. The number of ether oxygens (including phenoxy) is 2. The van der Waals surface area contributed by atoms with Crippen LogP contribution >= 0.6 is 0 Å². The molecule has 0 aliphatic carbocycles. The Bertz CT molecular complexity index is 560. The molecule has 4 heteroatoms. The van der Waals surface area contributed by atoms with Crippen LogP contribution in [0.3, 0.4) is 0 Å². The van der Waals surface area contributed by atoms with Gasteiger partial charge >= 0.3 is 0 Å². The van der Waals surface area contributed by atoms with Gasteiger partial charge in [-0.15, -0.1) is 0 Å². The Morgan fingerprint density at radius 3 is 2.16 bits per heavy atom. The quantitative estimate of drug-likeness (QED) is 0.828. The molecule has 0 atom stereocenters. The molecular formula is C15H18N2O2. The summed E-state index contributed by atoms with van der Waals surface area (Å²) < 4.78 is 10.8. The molecule has 0 radical (unpaired) electrons. The van der Waals surface area contributed by atoms with E-state index in [-0.39, 0.29) is 0 Å². The number of nitrogens with two attached hydrogens (primary N) is 1. The molecule has 4 nitrogen and oxygen atoms in total. The molecular weight excluding hydrogens is 240 g/mol. The minimum absolute atomic E-state index is 0.682. The fraction of sp³-hybridized carbons (Fsp3) is 0.200. The third-order valence-electron chi connectivity index (χ3n) is 3.04. The summed E-state index contributed by atoms with van der Waals surface area (Å²) in [5, 5.41) is 3.10. The highest BCUT2D eigenvalue weighted by molar-refractivity contribution is 5.86. The van der Waals surface area contributed by atoms with Gasteiger partial charge in [0.1, 0.15) is 11.5 Å². The molecule has 100 valence electrons. The van der Waals surface area contributed by atoms with Crippen molar-refractivity contribution in [2.45, 2.75) is 0 Å². The molecule has 0 unspecified atom stereocenters. The maximum atomic E-state index is 6.08. The van der Waals surface area contributed by atoms with Crippen LogP contribution < -0.4 is 20.5 Å². The van der Waals surface area contributed by atoms with Crippen LogP contribution in [0.4, 0.5) is 11.4 Å². The van der Waals surface area contributed by atoms with Gasteiger partial charge in [0.15, 0.2) is 0 Å². The van der Waals surface area contributed by atoms with E-state index in [1.165, 1.54) is 0 Å². The van der Waals surface area contributed by atoms with Gasteiger partial charge in [-0.25, -0.2) is 0 Å². The average molecular weight is 258 g/mol. The van der Waals surface area contributed by atoms with Gasteiger partial charge < -0.3 is 20.5 Å². The van der Waals surface area contributed by atoms with E-state index in [9.17, 15) is 0 Å². The van der Waals surface area contributed by atoms with Crippen molar-refractivity contribution in [1.82, 2.24) is 0 Å². The summed E-state index contributed by atoms with van der Waals surface area (Å²) in [7, 11) is 5.14. The first kappa shape index (κ1) is 13.1.